The summed E-state index contributed by atoms with van der Waals surface area (Å²) in [7, 11) is -3.44. The quantitative estimate of drug-likeness (QED) is 0.275. The molecule has 0 aliphatic carbocycles. The number of carbonyl (C=O) groups is 1. The van der Waals surface area contributed by atoms with E-state index in [1.165, 1.54) is 0 Å². The second-order valence-electron chi connectivity index (χ2n) is 5.42. The summed E-state index contributed by atoms with van der Waals surface area (Å²) in [6.07, 6.45) is 3.79. The van der Waals surface area contributed by atoms with Crippen LogP contribution >= 0.6 is 0 Å². The van der Waals surface area contributed by atoms with Crippen LogP contribution in [0, 0.1) is 5.92 Å². The first kappa shape index (κ1) is 25.5. The lowest BCUT2D eigenvalue weighted by atomic mass is 10.00. The molecular formula is C15H34N2O6S. The van der Waals surface area contributed by atoms with E-state index in [1.54, 1.807) is 0 Å². The molecule has 1 unspecified atom stereocenters. The van der Waals surface area contributed by atoms with Gasteiger partial charge in [-0.1, -0.05) is 33.1 Å². The third kappa shape index (κ3) is 19.3. The first-order valence-electron chi connectivity index (χ1n) is 8.44. The summed E-state index contributed by atoms with van der Waals surface area (Å²) in [5.74, 6) is -1.09. The van der Waals surface area contributed by atoms with Crippen LogP contribution in [0.25, 0.3) is 0 Å². The number of carboxylic acid groups (broad SMARTS) is 1. The highest BCUT2D eigenvalue weighted by atomic mass is 32.2. The van der Waals surface area contributed by atoms with Crippen molar-refractivity contribution < 1.29 is 28.5 Å². The van der Waals surface area contributed by atoms with Gasteiger partial charge in [0, 0.05) is 19.6 Å². The van der Waals surface area contributed by atoms with Crippen molar-refractivity contribution in [3.05, 3.63) is 0 Å². The Balaban J connectivity index is 0. The van der Waals surface area contributed by atoms with Gasteiger partial charge >= 0.3 is 5.97 Å². The third-order valence-electron chi connectivity index (χ3n) is 3.30. The van der Waals surface area contributed by atoms with Crippen LogP contribution in [0.2, 0.25) is 0 Å². The van der Waals surface area contributed by atoms with Gasteiger partial charge in [-0.3, -0.25) is 4.79 Å². The number of hydrogen-bond donors (Lipinski definition) is 5. The van der Waals surface area contributed by atoms with Crippen LogP contribution in [-0.2, 0) is 14.8 Å². The Morgan fingerprint density at radius 2 is 1.71 bits per heavy atom. The van der Waals surface area contributed by atoms with Gasteiger partial charge in [0.2, 0.25) is 10.0 Å². The van der Waals surface area contributed by atoms with Crippen LogP contribution in [0.4, 0.5) is 0 Å². The van der Waals surface area contributed by atoms with E-state index in [4.69, 9.17) is 15.3 Å². The van der Waals surface area contributed by atoms with E-state index >= 15 is 0 Å². The third-order valence-corrected chi connectivity index (χ3v) is 4.65. The average Bonchev–Trinajstić information content (AvgIpc) is 2.54. The maximum atomic E-state index is 11.5. The smallest absolute Gasteiger partial charge is 0.304 e. The second kappa shape index (κ2) is 17.1. The molecule has 0 saturated heterocycles. The predicted octanol–water partition coefficient (Wildman–Crippen LogP) is 0.158. The first-order chi connectivity index (χ1) is 11.3. The van der Waals surface area contributed by atoms with Crippen molar-refractivity contribution in [2.45, 2.75) is 46.0 Å². The molecule has 5 N–H and O–H groups in total. The van der Waals surface area contributed by atoms with E-state index in [9.17, 15) is 13.2 Å². The molecule has 0 aliphatic heterocycles. The number of aliphatic hydroxyl groups excluding tert-OH is 2. The lowest BCUT2D eigenvalue weighted by Gasteiger charge is -2.15. The molecule has 146 valence electrons. The summed E-state index contributed by atoms with van der Waals surface area (Å²) in [4.78, 5) is 10.3. The van der Waals surface area contributed by atoms with Crippen molar-refractivity contribution >= 4 is 16.0 Å². The van der Waals surface area contributed by atoms with Gasteiger partial charge in [-0.05, 0) is 12.3 Å². The van der Waals surface area contributed by atoms with Crippen LogP contribution in [-0.4, -0.2) is 68.3 Å². The van der Waals surface area contributed by atoms with E-state index in [0.717, 1.165) is 25.7 Å². The molecule has 0 amide bonds. The largest absolute Gasteiger partial charge is 0.481 e. The van der Waals surface area contributed by atoms with Gasteiger partial charge in [0.25, 0.3) is 0 Å². The van der Waals surface area contributed by atoms with E-state index in [1.807, 2.05) is 6.92 Å². The van der Waals surface area contributed by atoms with Crippen molar-refractivity contribution in [1.82, 2.24) is 10.0 Å². The Morgan fingerprint density at radius 3 is 2.12 bits per heavy atom. The molecule has 0 saturated carbocycles. The van der Waals surface area contributed by atoms with E-state index in [0.29, 0.717) is 25.6 Å². The first-order valence-corrected chi connectivity index (χ1v) is 10.1. The molecule has 24 heavy (non-hydrogen) atoms. The maximum absolute atomic E-state index is 11.5. The van der Waals surface area contributed by atoms with Crippen molar-refractivity contribution in [3.8, 4) is 0 Å². The summed E-state index contributed by atoms with van der Waals surface area (Å²) in [6, 6.07) is 0. The van der Waals surface area contributed by atoms with Crippen LogP contribution in [0.15, 0.2) is 0 Å². The fourth-order valence-corrected chi connectivity index (χ4v) is 2.84. The highest BCUT2D eigenvalue weighted by Gasteiger charge is 2.14. The standard InChI is InChI=1S/C11H23NO4S.C4H11NO2/c1-3-5-6-10(4-2)9-12-17(15,16)8-7-11(13)14;6-3-1-5-2-4-7/h10,12H,3-9H2,1-2H3,(H,13,14);5-7H,1-4H2. The summed E-state index contributed by atoms with van der Waals surface area (Å²) >= 11 is 0. The van der Waals surface area contributed by atoms with E-state index in [-0.39, 0.29) is 25.4 Å². The zero-order valence-electron chi connectivity index (χ0n) is 14.8. The topological polar surface area (TPSA) is 136 Å². The van der Waals surface area contributed by atoms with Crippen LogP contribution in [0.5, 0.6) is 0 Å². The molecule has 0 bridgehead atoms. The Kier molecular flexibility index (Phi) is 18.2. The van der Waals surface area contributed by atoms with Crippen LogP contribution in [0.3, 0.4) is 0 Å². The molecule has 1 atom stereocenters. The number of aliphatic carboxylic acids is 1. The Labute approximate surface area is 145 Å². The predicted molar refractivity (Wildman–Crippen MR) is 94.4 cm³/mol. The summed E-state index contributed by atoms with van der Waals surface area (Å²) in [6.45, 7) is 5.97. The van der Waals surface area contributed by atoms with Gasteiger partial charge in [0.1, 0.15) is 0 Å². The molecule has 8 nitrogen and oxygen atoms in total. The van der Waals surface area contributed by atoms with Gasteiger partial charge in [0.05, 0.1) is 25.4 Å². The Hall–Kier alpha value is -0.740. The van der Waals surface area contributed by atoms with Gasteiger partial charge in [0.15, 0.2) is 0 Å². The lowest BCUT2D eigenvalue weighted by molar-refractivity contribution is -0.136. The highest BCUT2D eigenvalue weighted by Crippen LogP contribution is 2.11. The van der Waals surface area contributed by atoms with Crippen molar-refractivity contribution in [2.75, 3.05) is 38.6 Å². The molecule has 9 heteroatoms. The fraction of sp³-hybridized carbons (Fsp3) is 0.933. The molecule has 0 radical (unpaired) electrons. The monoisotopic (exact) mass is 370 g/mol. The summed E-state index contributed by atoms with van der Waals surface area (Å²) in [5, 5.41) is 27.5. The average molecular weight is 371 g/mol. The zero-order valence-corrected chi connectivity index (χ0v) is 15.6. The number of aliphatic hydroxyl groups is 2. The van der Waals surface area contributed by atoms with Crippen molar-refractivity contribution in [3.63, 3.8) is 0 Å². The van der Waals surface area contributed by atoms with Crippen molar-refractivity contribution in [1.29, 1.82) is 0 Å². The fourth-order valence-electron chi connectivity index (χ4n) is 1.77. The zero-order chi connectivity index (χ0) is 18.8. The Morgan fingerprint density at radius 1 is 1.12 bits per heavy atom. The number of sulfonamides is 1. The molecular weight excluding hydrogens is 336 g/mol. The maximum Gasteiger partial charge on any atom is 0.304 e. The highest BCUT2D eigenvalue weighted by molar-refractivity contribution is 7.89. The lowest BCUT2D eigenvalue weighted by Crippen LogP contribution is -2.31. The molecule has 0 spiro atoms. The molecule has 0 aromatic rings. The van der Waals surface area contributed by atoms with Crippen LogP contribution < -0.4 is 10.0 Å². The molecule has 0 aromatic heterocycles. The number of nitrogens with one attached hydrogen (secondary N) is 2. The molecule has 0 aromatic carbocycles. The normalized spacial score (nSPS) is 12.3. The molecule has 0 heterocycles. The minimum absolute atomic E-state index is 0.139. The minimum Gasteiger partial charge on any atom is -0.481 e. The minimum atomic E-state index is -3.44. The van der Waals surface area contributed by atoms with Gasteiger partial charge < -0.3 is 20.6 Å². The van der Waals surface area contributed by atoms with Gasteiger partial charge in [-0.15, -0.1) is 0 Å². The summed E-state index contributed by atoms with van der Waals surface area (Å²) in [5.41, 5.74) is 0. The second-order valence-corrected chi connectivity index (χ2v) is 7.35. The molecule has 0 rings (SSSR count). The van der Waals surface area contributed by atoms with Crippen LogP contribution in [0.1, 0.15) is 46.0 Å². The molecule has 0 fully saturated rings. The Bertz CT molecular complexity index is 385. The van der Waals surface area contributed by atoms with E-state index < -0.39 is 16.0 Å². The summed E-state index contributed by atoms with van der Waals surface area (Å²) < 4.78 is 25.4. The number of rotatable bonds is 14. The number of carboxylic acids is 1. The SMILES string of the molecule is CCCCC(CC)CNS(=O)(=O)CCC(=O)O.OCCNCCO. The number of hydrogen-bond acceptors (Lipinski definition) is 6. The van der Waals surface area contributed by atoms with E-state index in [2.05, 4.69) is 17.0 Å². The van der Waals surface area contributed by atoms with Crippen molar-refractivity contribution in [2.24, 2.45) is 5.92 Å². The molecule has 0 aliphatic rings. The van der Waals surface area contributed by atoms with Gasteiger partial charge in [-0.2, -0.15) is 0 Å². The van der Waals surface area contributed by atoms with Gasteiger partial charge in [-0.25, -0.2) is 13.1 Å². The number of unbranched alkanes of at least 4 members (excludes halogenated alkanes) is 1.